The Hall–Kier alpha value is -2.54. The first-order valence-corrected chi connectivity index (χ1v) is 8.75. The zero-order valence-corrected chi connectivity index (χ0v) is 15.0. The summed E-state index contributed by atoms with van der Waals surface area (Å²) in [6.45, 7) is 2.47. The Bertz CT molecular complexity index is 806. The molecule has 2 fully saturated rings. The van der Waals surface area contributed by atoms with E-state index in [0.29, 0.717) is 49.3 Å². The van der Waals surface area contributed by atoms with Crippen LogP contribution >= 0.6 is 0 Å². The lowest BCUT2D eigenvalue weighted by molar-refractivity contribution is -0.138. The van der Waals surface area contributed by atoms with Crippen molar-refractivity contribution in [2.24, 2.45) is 0 Å². The van der Waals surface area contributed by atoms with Gasteiger partial charge < -0.3 is 23.6 Å². The minimum Gasteiger partial charge on any atom is -0.493 e. The molecule has 2 heterocycles. The van der Waals surface area contributed by atoms with Crippen LogP contribution in [0.3, 0.4) is 0 Å². The van der Waals surface area contributed by atoms with Gasteiger partial charge in [0.05, 0.1) is 38.5 Å². The fourth-order valence-corrected chi connectivity index (χ4v) is 3.40. The molecule has 0 bridgehead atoms. The van der Waals surface area contributed by atoms with Crippen molar-refractivity contribution in [3.8, 4) is 22.8 Å². The Morgan fingerprint density at radius 2 is 1.85 bits per heavy atom. The average Bonchev–Trinajstić information content (AvgIpc) is 3.36. The Morgan fingerprint density at radius 1 is 1.12 bits per heavy atom. The van der Waals surface area contributed by atoms with E-state index in [9.17, 15) is 4.79 Å². The highest BCUT2D eigenvalue weighted by Crippen LogP contribution is 2.50. The van der Waals surface area contributed by atoms with Crippen LogP contribution in [0, 0.1) is 0 Å². The van der Waals surface area contributed by atoms with E-state index in [0.717, 1.165) is 18.4 Å². The molecule has 4 rings (SSSR count). The maximum atomic E-state index is 13.0. The number of amides is 1. The fourth-order valence-electron chi connectivity index (χ4n) is 3.40. The summed E-state index contributed by atoms with van der Waals surface area (Å²) in [5, 5.41) is 4.21. The van der Waals surface area contributed by atoms with Crippen molar-refractivity contribution in [1.29, 1.82) is 0 Å². The van der Waals surface area contributed by atoms with Gasteiger partial charge in [0, 0.05) is 24.7 Å². The summed E-state index contributed by atoms with van der Waals surface area (Å²) in [4.78, 5) is 14.8. The van der Waals surface area contributed by atoms with E-state index < -0.39 is 5.41 Å². The second-order valence-corrected chi connectivity index (χ2v) is 6.63. The van der Waals surface area contributed by atoms with E-state index in [-0.39, 0.29) is 5.91 Å². The molecular weight excluding hydrogens is 336 g/mol. The van der Waals surface area contributed by atoms with Crippen molar-refractivity contribution in [3.63, 3.8) is 0 Å². The summed E-state index contributed by atoms with van der Waals surface area (Å²) < 4.78 is 21.5. The molecule has 26 heavy (non-hydrogen) atoms. The molecular formula is C19H22N2O5. The smallest absolute Gasteiger partial charge is 0.235 e. The van der Waals surface area contributed by atoms with Crippen LogP contribution in [0.2, 0.25) is 0 Å². The second-order valence-electron chi connectivity index (χ2n) is 6.63. The molecule has 7 nitrogen and oxygen atoms in total. The third kappa shape index (κ3) is 2.82. The largest absolute Gasteiger partial charge is 0.493 e. The maximum absolute atomic E-state index is 13.0. The first kappa shape index (κ1) is 16.9. The van der Waals surface area contributed by atoms with E-state index in [1.807, 2.05) is 29.2 Å². The lowest BCUT2D eigenvalue weighted by Gasteiger charge is -2.29. The highest BCUT2D eigenvalue weighted by atomic mass is 16.5. The van der Waals surface area contributed by atoms with Crippen LogP contribution in [0.15, 0.2) is 28.8 Å². The lowest BCUT2D eigenvalue weighted by Crippen LogP contribution is -2.45. The quantitative estimate of drug-likeness (QED) is 0.816. The van der Waals surface area contributed by atoms with Crippen LogP contribution in [0.5, 0.6) is 11.5 Å². The zero-order chi connectivity index (χ0) is 18.1. The molecule has 1 saturated carbocycles. The maximum Gasteiger partial charge on any atom is 0.235 e. The molecule has 1 aliphatic carbocycles. The summed E-state index contributed by atoms with van der Waals surface area (Å²) in [6, 6.07) is 7.41. The molecule has 2 aliphatic rings. The van der Waals surface area contributed by atoms with Gasteiger partial charge in [-0.25, -0.2) is 0 Å². The van der Waals surface area contributed by atoms with Crippen molar-refractivity contribution in [3.05, 3.63) is 30.0 Å². The second kappa shape index (κ2) is 6.64. The number of methoxy groups -OCH3 is 2. The minimum atomic E-state index is -0.532. The number of benzene rings is 1. The number of hydrogen-bond donors (Lipinski definition) is 0. The summed E-state index contributed by atoms with van der Waals surface area (Å²) >= 11 is 0. The normalized spacial score (nSPS) is 18.5. The van der Waals surface area contributed by atoms with E-state index in [1.165, 1.54) is 0 Å². The Balaban J connectivity index is 1.59. The molecule has 2 aromatic rings. The Morgan fingerprint density at radius 3 is 2.50 bits per heavy atom. The molecule has 1 amide bonds. The first-order valence-electron chi connectivity index (χ1n) is 8.75. The van der Waals surface area contributed by atoms with E-state index in [2.05, 4.69) is 5.16 Å². The van der Waals surface area contributed by atoms with Crippen molar-refractivity contribution in [1.82, 2.24) is 10.1 Å². The number of rotatable bonds is 5. The van der Waals surface area contributed by atoms with Crippen LogP contribution in [-0.4, -0.2) is 56.5 Å². The third-order valence-electron chi connectivity index (χ3n) is 5.13. The molecule has 138 valence electrons. The SMILES string of the molecule is COc1ccc(-c2cc(C3(C(=O)N4CCOCC4)CC3)no2)cc1OC. The molecule has 1 saturated heterocycles. The van der Waals surface area contributed by atoms with Crippen molar-refractivity contribution < 1.29 is 23.5 Å². The number of aromatic nitrogens is 1. The van der Waals surface area contributed by atoms with Gasteiger partial charge in [0.25, 0.3) is 0 Å². The van der Waals surface area contributed by atoms with E-state index in [1.54, 1.807) is 14.2 Å². The summed E-state index contributed by atoms with van der Waals surface area (Å²) in [5.74, 6) is 2.01. The van der Waals surface area contributed by atoms with Gasteiger partial charge in [-0.05, 0) is 31.0 Å². The number of ether oxygens (including phenoxy) is 3. The molecule has 1 aromatic carbocycles. The number of hydrogen-bond acceptors (Lipinski definition) is 6. The van der Waals surface area contributed by atoms with Gasteiger partial charge in [0.1, 0.15) is 0 Å². The van der Waals surface area contributed by atoms with Gasteiger partial charge in [-0.1, -0.05) is 5.16 Å². The molecule has 0 radical (unpaired) electrons. The third-order valence-corrected chi connectivity index (χ3v) is 5.13. The number of carbonyl (C=O) groups excluding carboxylic acids is 1. The average molecular weight is 358 g/mol. The van der Waals surface area contributed by atoms with Crippen LogP contribution in [0.25, 0.3) is 11.3 Å². The number of morpholine rings is 1. The highest BCUT2D eigenvalue weighted by molar-refractivity contribution is 5.91. The first-order chi connectivity index (χ1) is 12.7. The molecule has 0 spiro atoms. The molecule has 7 heteroatoms. The predicted molar refractivity (Wildman–Crippen MR) is 93.4 cm³/mol. The van der Waals surface area contributed by atoms with Gasteiger partial charge in [0.15, 0.2) is 17.3 Å². The van der Waals surface area contributed by atoms with Gasteiger partial charge in [-0.15, -0.1) is 0 Å². The number of carbonyl (C=O) groups is 1. The van der Waals surface area contributed by atoms with Crippen LogP contribution < -0.4 is 9.47 Å². The standard InChI is InChI=1S/C19H22N2O5/c1-23-14-4-3-13(11-16(14)24-2)15-12-17(20-26-15)19(5-6-19)18(22)21-7-9-25-10-8-21/h3-4,11-12H,5-10H2,1-2H3. The summed E-state index contributed by atoms with van der Waals surface area (Å²) in [5.41, 5.74) is 1.00. The van der Waals surface area contributed by atoms with Gasteiger partial charge in [-0.2, -0.15) is 0 Å². The minimum absolute atomic E-state index is 0.132. The topological polar surface area (TPSA) is 74.0 Å². The van der Waals surface area contributed by atoms with E-state index >= 15 is 0 Å². The van der Waals surface area contributed by atoms with Crippen LogP contribution in [0.4, 0.5) is 0 Å². The van der Waals surface area contributed by atoms with Gasteiger partial charge in [0.2, 0.25) is 5.91 Å². The summed E-state index contributed by atoms with van der Waals surface area (Å²) in [6.07, 6.45) is 1.61. The van der Waals surface area contributed by atoms with Crippen molar-refractivity contribution in [2.45, 2.75) is 18.3 Å². The van der Waals surface area contributed by atoms with Crippen LogP contribution in [-0.2, 0) is 14.9 Å². The Labute approximate surface area is 151 Å². The van der Waals surface area contributed by atoms with E-state index in [4.69, 9.17) is 18.7 Å². The predicted octanol–water partition coefficient (Wildman–Crippen LogP) is 2.25. The van der Waals surface area contributed by atoms with Gasteiger partial charge in [-0.3, -0.25) is 4.79 Å². The Kier molecular flexibility index (Phi) is 4.32. The molecule has 1 aromatic heterocycles. The monoisotopic (exact) mass is 358 g/mol. The van der Waals surface area contributed by atoms with Gasteiger partial charge >= 0.3 is 0 Å². The van der Waals surface area contributed by atoms with Crippen molar-refractivity contribution in [2.75, 3.05) is 40.5 Å². The molecule has 1 aliphatic heterocycles. The van der Waals surface area contributed by atoms with Crippen LogP contribution in [0.1, 0.15) is 18.5 Å². The lowest BCUT2D eigenvalue weighted by atomic mass is 9.99. The number of nitrogens with zero attached hydrogens (tertiary/aromatic N) is 2. The molecule has 0 unspecified atom stereocenters. The van der Waals surface area contributed by atoms with Crippen molar-refractivity contribution >= 4 is 5.91 Å². The highest BCUT2D eigenvalue weighted by Gasteiger charge is 2.55. The zero-order valence-electron chi connectivity index (χ0n) is 15.0. The summed E-state index contributed by atoms with van der Waals surface area (Å²) in [7, 11) is 3.19. The molecule has 0 N–H and O–H groups in total. The molecule has 0 atom stereocenters. The fraction of sp³-hybridized carbons (Fsp3) is 0.474.